The van der Waals surface area contributed by atoms with Gasteiger partial charge in [0.25, 0.3) is 0 Å². The van der Waals surface area contributed by atoms with Gasteiger partial charge in [0.15, 0.2) is 0 Å². The first-order valence-corrected chi connectivity index (χ1v) is 5.76. The van der Waals surface area contributed by atoms with Crippen LogP contribution in [0.2, 0.25) is 5.02 Å². The van der Waals surface area contributed by atoms with Crippen molar-refractivity contribution in [2.45, 2.75) is 19.0 Å². The highest BCUT2D eigenvalue weighted by Crippen LogP contribution is 2.27. The van der Waals surface area contributed by atoms with Crippen LogP contribution in [-0.4, -0.2) is 35.6 Å². The van der Waals surface area contributed by atoms with Crippen LogP contribution in [-0.2, 0) is 4.79 Å². The molecule has 94 valence electrons. The summed E-state index contributed by atoms with van der Waals surface area (Å²) in [6.07, 6.45) is 0. The van der Waals surface area contributed by atoms with E-state index in [1.165, 1.54) is 0 Å². The third-order valence-electron chi connectivity index (χ3n) is 2.97. The molecule has 5 heteroatoms. The molecule has 2 atom stereocenters. The van der Waals surface area contributed by atoms with Gasteiger partial charge in [0.1, 0.15) is 6.04 Å². The molecule has 0 aliphatic carbocycles. The Morgan fingerprint density at radius 2 is 2.12 bits per heavy atom. The average Bonchev–Trinajstić information content (AvgIpc) is 2.29. The zero-order chi connectivity index (χ0) is 13.0. The molecule has 4 nitrogen and oxygen atoms in total. The van der Waals surface area contributed by atoms with E-state index in [1.807, 2.05) is 25.1 Å². The second-order valence-electron chi connectivity index (χ2n) is 3.95. The minimum atomic E-state index is -0.922. The fraction of sp³-hybridized carbons (Fsp3) is 0.417. The molecule has 0 aliphatic heterocycles. The lowest BCUT2D eigenvalue weighted by Gasteiger charge is -2.30. The first-order chi connectivity index (χ1) is 7.99. The Morgan fingerprint density at radius 3 is 2.59 bits per heavy atom. The minimum absolute atomic E-state index is 0.0701. The van der Waals surface area contributed by atoms with Crippen molar-refractivity contribution in [3.05, 3.63) is 34.9 Å². The number of carbonyl (C=O) groups is 1. The third kappa shape index (κ3) is 3.19. The second-order valence-corrected chi connectivity index (χ2v) is 4.36. The largest absolute Gasteiger partial charge is 0.480 e. The number of hydrogen-bond acceptors (Lipinski definition) is 3. The van der Waals surface area contributed by atoms with Gasteiger partial charge in [-0.3, -0.25) is 9.69 Å². The molecule has 0 bridgehead atoms. The van der Waals surface area contributed by atoms with Crippen LogP contribution in [0.25, 0.3) is 0 Å². The van der Waals surface area contributed by atoms with Crippen LogP contribution >= 0.6 is 11.6 Å². The number of nitrogens with two attached hydrogens (primary N) is 1. The molecular weight excluding hydrogens is 240 g/mol. The predicted molar refractivity (Wildman–Crippen MR) is 68.1 cm³/mol. The van der Waals surface area contributed by atoms with Gasteiger partial charge >= 0.3 is 5.97 Å². The molecular formula is C12H17ClN2O2. The highest BCUT2D eigenvalue weighted by Gasteiger charge is 2.26. The van der Waals surface area contributed by atoms with E-state index in [-0.39, 0.29) is 12.6 Å². The van der Waals surface area contributed by atoms with E-state index in [0.717, 1.165) is 5.56 Å². The van der Waals surface area contributed by atoms with E-state index >= 15 is 0 Å². The van der Waals surface area contributed by atoms with Crippen molar-refractivity contribution in [1.82, 2.24) is 4.90 Å². The van der Waals surface area contributed by atoms with Gasteiger partial charge in [-0.1, -0.05) is 29.8 Å². The molecule has 0 saturated heterocycles. The molecule has 0 amide bonds. The summed E-state index contributed by atoms with van der Waals surface area (Å²) in [5, 5.41) is 9.69. The van der Waals surface area contributed by atoms with Crippen LogP contribution < -0.4 is 5.73 Å². The molecule has 1 rings (SSSR count). The summed E-state index contributed by atoms with van der Waals surface area (Å²) in [4.78, 5) is 12.7. The van der Waals surface area contributed by atoms with Crippen molar-refractivity contribution in [1.29, 1.82) is 0 Å². The van der Waals surface area contributed by atoms with Crippen LogP contribution in [0, 0.1) is 0 Å². The van der Waals surface area contributed by atoms with Crippen LogP contribution in [0.15, 0.2) is 24.3 Å². The van der Waals surface area contributed by atoms with E-state index in [2.05, 4.69) is 0 Å². The lowest BCUT2D eigenvalue weighted by atomic mass is 10.1. The average molecular weight is 257 g/mol. The van der Waals surface area contributed by atoms with Gasteiger partial charge in [0.05, 0.1) is 0 Å². The Balaban J connectivity index is 2.93. The van der Waals surface area contributed by atoms with Gasteiger partial charge in [-0.05, 0) is 25.6 Å². The van der Waals surface area contributed by atoms with Crippen LogP contribution in [0.5, 0.6) is 0 Å². The fourth-order valence-corrected chi connectivity index (χ4v) is 2.04. The van der Waals surface area contributed by atoms with Crippen molar-refractivity contribution in [2.75, 3.05) is 13.6 Å². The molecule has 0 fully saturated rings. The molecule has 0 heterocycles. The number of halogens is 1. The van der Waals surface area contributed by atoms with Crippen molar-refractivity contribution in [3.63, 3.8) is 0 Å². The topological polar surface area (TPSA) is 66.6 Å². The zero-order valence-electron chi connectivity index (χ0n) is 9.93. The molecule has 0 spiro atoms. The second kappa shape index (κ2) is 6.00. The van der Waals surface area contributed by atoms with Crippen molar-refractivity contribution >= 4 is 17.6 Å². The van der Waals surface area contributed by atoms with E-state index in [4.69, 9.17) is 22.4 Å². The Labute approximate surface area is 106 Å². The summed E-state index contributed by atoms with van der Waals surface area (Å²) >= 11 is 6.09. The van der Waals surface area contributed by atoms with Gasteiger partial charge in [-0.2, -0.15) is 0 Å². The Hall–Kier alpha value is -1.10. The number of aliphatic carboxylic acids is 1. The Kier molecular flexibility index (Phi) is 4.93. The monoisotopic (exact) mass is 256 g/mol. The third-order valence-corrected chi connectivity index (χ3v) is 3.31. The number of likely N-dealkylation sites (N-methyl/N-ethyl adjacent to an activating group) is 1. The molecule has 0 saturated carbocycles. The molecule has 3 N–H and O–H groups in total. The number of nitrogens with zero attached hydrogens (tertiary/aromatic N) is 1. The number of carboxylic acids is 1. The van der Waals surface area contributed by atoms with Gasteiger partial charge in [-0.15, -0.1) is 0 Å². The molecule has 1 aromatic carbocycles. The Bertz CT molecular complexity index is 398. The standard InChI is InChI=1S/C12H17ClN2O2/c1-8(9-5-3-4-6-10(9)13)15(2)11(7-14)12(16)17/h3-6,8,11H,7,14H2,1-2H3,(H,16,17). The molecule has 0 radical (unpaired) electrons. The molecule has 0 aromatic heterocycles. The van der Waals surface area contributed by atoms with Gasteiger partial charge in [0.2, 0.25) is 0 Å². The zero-order valence-corrected chi connectivity index (χ0v) is 10.7. The summed E-state index contributed by atoms with van der Waals surface area (Å²) in [6, 6.07) is 6.59. The summed E-state index contributed by atoms with van der Waals surface area (Å²) in [7, 11) is 1.74. The maximum absolute atomic E-state index is 11.0. The highest BCUT2D eigenvalue weighted by atomic mass is 35.5. The first kappa shape index (κ1) is 14.0. The number of carboxylic acid groups (broad SMARTS) is 1. The summed E-state index contributed by atoms with van der Waals surface area (Å²) in [5.74, 6) is -0.922. The fourth-order valence-electron chi connectivity index (χ4n) is 1.74. The maximum atomic E-state index is 11.0. The number of rotatable bonds is 5. The van der Waals surface area contributed by atoms with Gasteiger partial charge in [-0.25, -0.2) is 0 Å². The smallest absolute Gasteiger partial charge is 0.322 e. The summed E-state index contributed by atoms with van der Waals surface area (Å²) in [6.45, 7) is 1.98. The van der Waals surface area contributed by atoms with Crippen LogP contribution in [0.1, 0.15) is 18.5 Å². The highest BCUT2D eigenvalue weighted by molar-refractivity contribution is 6.31. The number of hydrogen-bond donors (Lipinski definition) is 2. The molecule has 1 aromatic rings. The van der Waals surface area contributed by atoms with Crippen molar-refractivity contribution in [3.8, 4) is 0 Å². The summed E-state index contributed by atoms with van der Waals surface area (Å²) in [5.41, 5.74) is 6.37. The maximum Gasteiger partial charge on any atom is 0.322 e. The van der Waals surface area contributed by atoms with Gasteiger partial charge in [0, 0.05) is 17.6 Å². The summed E-state index contributed by atoms with van der Waals surface area (Å²) < 4.78 is 0. The quantitative estimate of drug-likeness (QED) is 0.842. The first-order valence-electron chi connectivity index (χ1n) is 5.38. The number of benzene rings is 1. The lowest BCUT2D eigenvalue weighted by molar-refractivity contribution is -0.143. The SMILES string of the molecule is CC(c1ccccc1Cl)N(C)C(CN)C(=O)O. The minimum Gasteiger partial charge on any atom is -0.480 e. The van der Waals surface area contributed by atoms with E-state index in [0.29, 0.717) is 5.02 Å². The Morgan fingerprint density at radius 1 is 1.53 bits per heavy atom. The van der Waals surface area contributed by atoms with E-state index in [1.54, 1.807) is 18.0 Å². The van der Waals surface area contributed by atoms with E-state index in [9.17, 15) is 4.79 Å². The van der Waals surface area contributed by atoms with Crippen LogP contribution in [0.4, 0.5) is 0 Å². The van der Waals surface area contributed by atoms with Crippen molar-refractivity contribution < 1.29 is 9.90 Å². The van der Waals surface area contributed by atoms with Crippen molar-refractivity contribution in [2.24, 2.45) is 5.73 Å². The van der Waals surface area contributed by atoms with Crippen LogP contribution in [0.3, 0.4) is 0 Å². The molecule has 17 heavy (non-hydrogen) atoms. The normalized spacial score (nSPS) is 14.6. The predicted octanol–water partition coefficient (Wildman–Crippen LogP) is 1.74. The molecule has 0 aliphatic rings. The molecule has 2 unspecified atom stereocenters. The lowest BCUT2D eigenvalue weighted by Crippen LogP contribution is -2.45. The van der Waals surface area contributed by atoms with Gasteiger partial charge < -0.3 is 10.8 Å². The van der Waals surface area contributed by atoms with E-state index < -0.39 is 12.0 Å².